The van der Waals surface area contributed by atoms with E-state index >= 15 is 0 Å². The number of nitriles is 1. The van der Waals surface area contributed by atoms with Gasteiger partial charge in [0.1, 0.15) is 23.1 Å². The van der Waals surface area contributed by atoms with Crippen LogP contribution in [0.1, 0.15) is 22.5 Å². The summed E-state index contributed by atoms with van der Waals surface area (Å²) in [7, 11) is 0. The van der Waals surface area contributed by atoms with Gasteiger partial charge in [0.2, 0.25) is 0 Å². The lowest BCUT2D eigenvalue weighted by Crippen LogP contribution is -2.23. The molecule has 4 aromatic rings. The number of carbonyl (C=O) groups excluding carboxylic acids is 1. The Morgan fingerprint density at radius 1 is 1.16 bits per heavy atom. The quantitative estimate of drug-likeness (QED) is 0.351. The van der Waals surface area contributed by atoms with E-state index in [1.165, 1.54) is 6.26 Å². The average molecular weight is 422 g/mol. The molecule has 0 unspecified atom stereocenters. The minimum absolute atomic E-state index is 0.00396. The number of hydrogen-bond donors (Lipinski definition) is 1. The molecule has 0 spiro atoms. The van der Waals surface area contributed by atoms with E-state index in [4.69, 9.17) is 9.52 Å². The lowest BCUT2D eigenvalue weighted by atomic mass is 9.99. The molecule has 0 saturated carbocycles. The average Bonchev–Trinajstić information content (AvgIpc) is 3.48. The third-order valence-corrected chi connectivity index (χ3v) is 5.08. The fourth-order valence-electron chi connectivity index (χ4n) is 3.39. The molecule has 0 atom stereocenters. The molecule has 0 aliphatic carbocycles. The largest absolute Gasteiger partial charge is 0.467 e. The highest BCUT2D eigenvalue weighted by Crippen LogP contribution is 2.29. The van der Waals surface area contributed by atoms with Gasteiger partial charge >= 0.3 is 0 Å². The van der Waals surface area contributed by atoms with Gasteiger partial charge in [-0.25, -0.2) is 4.68 Å². The molecule has 6 heteroatoms. The van der Waals surface area contributed by atoms with Gasteiger partial charge in [-0.3, -0.25) is 4.79 Å². The predicted molar refractivity (Wildman–Crippen MR) is 123 cm³/mol. The molecule has 32 heavy (non-hydrogen) atoms. The molecule has 2 aromatic carbocycles. The zero-order valence-corrected chi connectivity index (χ0v) is 17.9. The zero-order chi connectivity index (χ0) is 22.5. The van der Waals surface area contributed by atoms with Crippen LogP contribution >= 0.6 is 0 Å². The van der Waals surface area contributed by atoms with Crippen molar-refractivity contribution in [1.29, 1.82) is 5.26 Å². The van der Waals surface area contributed by atoms with Crippen molar-refractivity contribution in [3.8, 4) is 23.0 Å². The predicted octanol–water partition coefficient (Wildman–Crippen LogP) is 4.97. The number of hydrogen-bond acceptors (Lipinski definition) is 4. The Labute approximate surface area is 186 Å². The molecule has 1 N–H and O–H groups in total. The molecule has 0 bridgehead atoms. The van der Waals surface area contributed by atoms with Crippen molar-refractivity contribution in [2.45, 2.75) is 20.4 Å². The number of amides is 1. The first-order valence-corrected chi connectivity index (χ1v) is 10.2. The topological polar surface area (TPSA) is 83.8 Å². The van der Waals surface area contributed by atoms with Crippen LogP contribution in [-0.2, 0) is 11.3 Å². The summed E-state index contributed by atoms with van der Waals surface area (Å²) in [5.74, 6) is 0.145. The maximum absolute atomic E-state index is 12.6. The fourth-order valence-corrected chi connectivity index (χ4v) is 3.39. The lowest BCUT2D eigenvalue weighted by Gasteiger charge is -2.06. The number of benzene rings is 2. The van der Waals surface area contributed by atoms with Crippen molar-refractivity contribution in [2.24, 2.45) is 0 Å². The van der Waals surface area contributed by atoms with Gasteiger partial charge in [0.15, 0.2) is 0 Å². The summed E-state index contributed by atoms with van der Waals surface area (Å²) in [6.45, 7) is 4.25. The van der Waals surface area contributed by atoms with Crippen LogP contribution in [0, 0.1) is 25.2 Å². The van der Waals surface area contributed by atoms with E-state index in [0.29, 0.717) is 17.0 Å². The van der Waals surface area contributed by atoms with E-state index in [1.54, 1.807) is 22.9 Å². The highest BCUT2D eigenvalue weighted by molar-refractivity contribution is 6.02. The maximum atomic E-state index is 12.6. The number of carbonyl (C=O) groups is 1. The number of rotatable bonds is 6. The van der Waals surface area contributed by atoms with Crippen LogP contribution in [0.2, 0.25) is 0 Å². The van der Waals surface area contributed by atoms with E-state index in [1.807, 2.05) is 68.6 Å². The van der Waals surface area contributed by atoms with Gasteiger partial charge in [0.05, 0.1) is 18.5 Å². The normalized spacial score (nSPS) is 11.2. The van der Waals surface area contributed by atoms with E-state index in [2.05, 4.69) is 11.4 Å². The SMILES string of the molecule is Cc1ccc(C)c(-c2nn(-c3ccccc3)cc2C=C(C#N)C(=O)NCc2ccco2)c1. The van der Waals surface area contributed by atoms with E-state index < -0.39 is 5.91 Å². The third kappa shape index (κ3) is 4.52. The van der Waals surface area contributed by atoms with Crippen molar-refractivity contribution in [3.05, 3.63) is 101 Å². The van der Waals surface area contributed by atoms with E-state index in [0.717, 1.165) is 22.4 Å². The van der Waals surface area contributed by atoms with E-state index in [9.17, 15) is 10.1 Å². The Bertz CT molecular complexity index is 1310. The minimum Gasteiger partial charge on any atom is -0.467 e. The molecule has 2 aromatic heterocycles. The second kappa shape index (κ2) is 9.19. The lowest BCUT2D eigenvalue weighted by molar-refractivity contribution is -0.117. The zero-order valence-electron chi connectivity index (χ0n) is 17.9. The van der Waals surface area contributed by atoms with Crippen molar-refractivity contribution < 1.29 is 9.21 Å². The van der Waals surface area contributed by atoms with Crippen molar-refractivity contribution >= 4 is 12.0 Å². The van der Waals surface area contributed by atoms with Gasteiger partial charge in [-0.15, -0.1) is 0 Å². The molecular weight excluding hydrogens is 400 g/mol. The smallest absolute Gasteiger partial charge is 0.262 e. The van der Waals surface area contributed by atoms with Crippen molar-refractivity contribution in [3.63, 3.8) is 0 Å². The summed E-state index contributed by atoms with van der Waals surface area (Å²) >= 11 is 0. The van der Waals surface area contributed by atoms with Gasteiger partial charge < -0.3 is 9.73 Å². The Morgan fingerprint density at radius 2 is 1.97 bits per heavy atom. The van der Waals surface area contributed by atoms with Gasteiger partial charge in [-0.05, 0) is 55.8 Å². The number of nitrogens with zero attached hydrogens (tertiary/aromatic N) is 3. The van der Waals surface area contributed by atoms with Crippen LogP contribution in [0.15, 0.2) is 83.1 Å². The van der Waals surface area contributed by atoms with Crippen molar-refractivity contribution in [2.75, 3.05) is 0 Å². The van der Waals surface area contributed by atoms with Crippen LogP contribution in [0.25, 0.3) is 23.0 Å². The molecule has 6 nitrogen and oxygen atoms in total. The first-order chi connectivity index (χ1) is 15.5. The molecule has 158 valence electrons. The highest BCUT2D eigenvalue weighted by Gasteiger charge is 2.16. The van der Waals surface area contributed by atoms with Crippen LogP contribution < -0.4 is 5.32 Å². The summed E-state index contributed by atoms with van der Waals surface area (Å²) in [5, 5.41) is 17.2. The Hall–Kier alpha value is -4.37. The summed E-state index contributed by atoms with van der Waals surface area (Å²) in [6.07, 6.45) is 4.96. The summed E-state index contributed by atoms with van der Waals surface area (Å²) in [5.41, 5.74) is 5.40. The van der Waals surface area contributed by atoms with Crippen LogP contribution in [0.5, 0.6) is 0 Å². The molecule has 2 heterocycles. The van der Waals surface area contributed by atoms with Crippen LogP contribution in [0.4, 0.5) is 0 Å². The first kappa shape index (κ1) is 20.9. The Kier molecular flexibility index (Phi) is 6.00. The van der Waals surface area contributed by atoms with Crippen LogP contribution in [-0.4, -0.2) is 15.7 Å². The van der Waals surface area contributed by atoms with Crippen LogP contribution in [0.3, 0.4) is 0 Å². The molecule has 0 aliphatic rings. The van der Waals surface area contributed by atoms with E-state index in [-0.39, 0.29) is 12.1 Å². The molecule has 0 saturated heterocycles. The second-order valence-electron chi connectivity index (χ2n) is 7.46. The first-order valence-electron chi connectivity index (χ1n) is 10.2. The minimum atomic E-state index is -0.469. The fraction of sp³-hybridized carbons (Fsp3) is 0.115. The highest BCUT2D eigenvalue weighted by atomic mass is 16.3. The summed E-state index contributed by atoms with van der Waals surface area (Å²) in [4.78, 5) is 12.6. The number of para-hydroxylation sites is 1. The molecule has 4 rings (SSSR count). The Balaban J connectivity index is 1.75. The standard InChI is InChI=1S/C26H22N4O2/c1-18-10-11-19(2)24(13-18)25-21(17-30(29-25)22-7-4-3-5-8-22)14-20(15-27)26(31)28-16-23-9-6-12-32-23/h3-14,17H,16H2,1-2H3,(H,28,31). The number of furan rings is 1. The second-order valence-corrected chi connectivity index (χ2v) is 7.46. The third-order valence-electron chi connectivity index (χ3n) is 5.08. The molecule has 0 fully saturated rings. The summed E-state index contributed by atoms with van der Waals surface area (Å²) < 4.78 is 7.00. The molecule has 0 aliphatic heterocycles. The molecule has 1 amide bonds. The number of nitrogens with one attached hydrogen (secondary N) is 1. The van der Waals surface area contributed by atoms with Gasteiger partial charge in [0, 0.05) is 17.3 Å². The maximum Gasteiger partial charge on any atom is 0.262 e. The van der Waals surface area contributed by atoms with Gasteiger partial charge in [0.25, 0.3) is 5.91 Å². The van der Waals surface area contributed by atoms with Gasteiger partial charge in [-0.2, -0.15) is 10.4 Å². The monoisotopic (exact) mass is 422 g/mol. The molecular formula is C26H22N4O2. The number of aromatic nitrogens is 2. The Morgan fingerprint density at radius 3 is 2.69 bits per heavy atom. The molecule has 0 radical (unpaired) electrons. The van der Waals surface area contributed by atoms with Crippen molar-refractivity contribution in [1.82, 2.24) is 15.1 Å². The number of aryl methyl sites for hydroxylation is 2. The summed E-state index contributed by atoms with van der Waals surface area (Å²) in [6, 6.07) is 21.4. The van der Waals surface area contributed by atoms with Gasteiger partial charge in [-0.1, -0.05) is 35.9 Å².